The smallest absolute Gasteiger partial charge is 0.177 e. The first-order chi connectivity index (χ1) is 11.3. The van der Waals surface area contributed by atoms with E-state index in [-0.39, 0.29) is 0 Å². The fourth-order valence-corrected chi connectivity index (χ4v) is 3.11. The molecule has 2 aromatic carbocycles. The summed E-state index contributed by atoms with van der Waals surface area (Å²) >= 11 is 0. The van der Waals surface area contributed by atoms with Crippen LogP contribution in [0.2, 0.25) is 0 Å². The van der Waals surface area contributed by atoms with Crippen molar-refractivity contribution in [1.82, 2.24) is 0 Å². The van der Waals surface area contributed by atoms with Gasteiger partial charge in [0.2, 0.25) is 0 Å². The molecule has 2 heteroatoms. The SMILES string of the molecule is CCCCCCCCOc1cccc2c1oc1c(C)cccc12. The molecule has 3 rings (SSSR count). The highest BCUT2D eigenvalue weighted by Gasteiger charge is 2.12. The Morgan fingerprint density at radius 3 is 2.35 bits per heavy atom. The van der Waals surface area contributed by atoms with Gasteiger partial charge in [-0.15, -0.1) is 0 Å². The number of furan rings is 1. The van der Waals surface area contributed by atoms with Crippen LogP contribution in [0.15, 0.2) is 40.8 Å². The highest BCUT2D eigenvalue weighted by atomic mass is 16.5. The third-order valence-electron chi connectivity index (χ3n) is 4.44. The zero-order valence-electron chi connectivity index (χ0n) is 14.2. The first-order valence-electron chi connectivity index (χ1n) is 8.85. The molecule has 0 unspecified atom stereocenters. The predicted octanol–water partition coefficient (Wildman–Crippen LogP) is 6.63. The topological polar surface area (TPSA) is 22.4 Å². The van der Waals surface area contributed by atoms with Gasteiger partial charge in [0.15, 0.2) is 11.3 Å². The summed E-state index contributed by atoms with van der Waals surface area (Å²) < 4.78 is 12.1. The van der Waals surface area contributed by atoms with Crippen LogP contribution in [0.3, 0.4) is 0 Å². The number of para-hydroxylation sites is 2. The van der Waals surface area contributed by atoms with Gasteiger partial charge in [0.25, 0.3) is 0 Å². The van der Waals surface area contributed by atoms with Crippen LogP contribution >= 0.6 is 0 Å². The molecule has 0 spiro atoms. The number of rotatable bonds is 8. The van der Waals surface area contributed by atoms with Gasteiger partial charge in [-0.05, 0) is 25.0 Å². The van der Waals surface area contributed by atoms with Crippen molar-refractivity contribution >= 4 is 21.9 Å². The van der Waals surface area contributed by atoms with Crippen molar-refractivity contribution in [2.24, 2.45) is 0 Å². The van der Waals surface area contributed by atoms with Crippen molar-refractivity contribution in [3.63, 3.8) is 0 Å². The fraction of sp³-hybridized carbons (Fsp3) is 0.429. The maximum atomic E-state index is 6.10. The Balaban J connectivity index is 1.69. The van der Waals surface area contributed by atoms with Gasteiger partial charge in [-0.2, -0.15) is 0 Å². The number of ether oxygens (including phenoxy) is 1. The van der Waals surface area contributed by atoms with Crippen molar-refractivity contribution in [1.29, 1.82) is 0 Å². The summed E-state index contributed by atoms with van der Waals surface area (Å²) in [5.41, 5.74) is 3.02. The second-order valence-corrected chi connectivity index (χ2v) is 6.30. The van der Waals surface area contributed by atoms with Gasteiger partial charge < -0.3 is 9.15 Å². The summed E-state index contributed by atoms with van der Waals surface area (Å²) in [5.74, 6) is 0.867. The summed E-state index contributed by atoms with van der Waals surface area (Å²) in [6.07, 6.45) is 7.65. The molecule has 23 heavy (non-hydrogen) atoms. The summed E-state index contributed by atoms with van der Waals surface area (Å²) in [4.78, 5) is 0. The third-order valence-corrected chi connectivity index (χ3v) is 4.44. The molecule has 0 N–H and O–H groups in total. The molecule has 0 aliphatic rings. The van der Waals surface area contributed by atoms with Crippen molar-refractivity contribution in [3.8, 4) is 5.75 Å². The maximum absolute atomic E-state index is 6.10. The lowest BCUT2D eigenvalue weighted by Crippen LogP contribution is -1.97. The van der Waals surface area contributed by atoms with Gasteiger partial charge in [-0.1, -0.05) is 69.4 Å². The lowest BCUT2D eigenvalue weighted by atomic mass is 10.1. The van der Waals surface area contributed by atoms with E-state index in [4.69, 9.17) is 9.15 Å². The predicted molar refractivity (Wildman–Crippen MR) is 97.3 cm³/mol. The Morgan fingerprint density at radius 2 is 1.52 bits per heavy atom. The lowest BCUT2D eigenvalue weighted by molar-refractivity contribution is 0.304. The maximum Gasteiger partial charge on any atom is 0.177 e. The van der Waals surface area contributed by atoms with Crippen LogP contribution in [0.25, 0.3) is 21.9 Å². The van der Waals surface area contributed by atoms with Crippen LogP contribution in [0.1, 0.15) is 51.0 Å². The molecule has 0 aliphatic carbocycles. The molecule has 0 aliphatic heterocycles. The first-order valence-corrected chi connectivity index (χ1v) is 8.85. The van der Waals surface area contributed by atoms with E-state index in [1.54, 1.807) is 0 Å². The van der Waals surface area contributed by atoms with Gasteiger partial charge in [0.1, 0.15) is 5.58 Å². The molecule has 0 fully saturated rings. The number of aryl methyl sites for hydroxylation is 1. The molecule has 1 aromatic heterocycles. The number of hydrogen-bond donors (Lipinski definition) is 0. The molecule has 0 saturated heterocycles. The monoisotopic (exact) mass is 310 g/mol. The Kier molecular flexibility index (Phi) is 5.22. The first kappa shape index (κ1) is 15.9. The zero-order chi connectivity index (χ0) is 16.1. The zero-order valence-corrected chi connectivity index (χ0v) is 14.2. The van der Waals surface area contributed by atoms with E-state index in [1.807, 2.05) is 6.07 Å². The van der Waals surface area contributed by atoms with E-state index in [1.165, 1.54) is 43.1 Å². The average Bonchev–Trinajstić information content (AvgIpc) is 2.95. The van der Waals surface area contributed by atoms with E-state index in [2.05, 4.69) is 44.2 Å². The molecule has 3 aromatic rings. The van der Waals surface area contributed by atoms with Crippen LogP contribution in [-0.2, 0) is 0 Å². The van der Waals surface area contributed by atoms with Crippen LogP contribution in [-0.4, -0.2) is 6.61 Å². The summed E-state index contributed by atoms with van der Waals surface area (Å²) in [6.45, 7) is 5.10. The van der Waals surface area contributed by atoms with Crippen LogP contribution in [0.4, 0.5) is 0 Å². The highest BCUT2D eigenvalue weighted by molar-refractivity contribution is 6.07. The van der Waals surface area contributed by atoms with E-state index in [9.17, 15) is 0 Å². The van der Waals surface area contributed by atoms with Crippen LogP contribution in [0, 0.1) is 6.92 Å². The number of benzene rings is 2. The minimum atomic E-state index is 0.765. The Bertz CT molecular complexity index is 770. The minimum Gasteiger partial charge on any atom is -0.490 e. The Hall–Kier alpha value is -1.96. The lowest BCUT2D eigenvalue weighted by Gasteiger charge is -2.06. The van der Waals surface area contributed by atoms with Gasteiger partial charge in [-0.3, -0.25) is 0 Å². The van der Waals surface area contributed by atoms with Gasteiger partial charge in [0, 0.05) is 10.8 Å². The molecule has 0 atom stereocenters. The van der Waals surface area contributed by atoms with Crippen molar-refractivity contribution in [3.05, 3.63) is 42.0 Å². The van der Waals surface area contributed by atoms with Crippen LogP contribution < -0.4 is 4.74 Å². The van der Waals surface area contributed by atoms with E-state index < -0.39 is 0 Å². The summed E-state index contributed by atoms with van der Waals surface area (Å²) in [5, 5.41) is 2.31. The van der Waals surface area contributed by atoms with Crippen molar-refractivity contribution in [2.75, 3.05) is 6.61 Å². The molecule has 0 radical (unpaired) electrons. The molecule has 1 heterocycles. The third kappa shape index (κ3) is 3.52. The van der Waals surface area contributed by atoms with Gasteiger partial charge in [0.05, 0.1) is 6.61 Å². The largest absolute Gasteiger partial charge is 0.490 e. The van der Waals surface area contributed by atoms with Gasteiger partial charge in [-0.25, -0.2) is 0 Å². The molecule has 0 amide bonds. The molecular weight excluding hydrogens is 284 g/mol. The van der Waals surface area contributed by atoms with Crippen molar-refractivity contribution < 1.29 is 9.15 Å². The molecule has 2 nitrogen and oxygen atoms in total. The van der Waals surface area contributed by atoms with Crippen molar-refractivity contribution in [2.45, 2.75) is 52.4 Å². The molecule has 122 valence electrons. The molecule has 0 saturated carbocycles. The van der Waals surface area contributed by atoms with E-state index >= 15 is 0 Å². The number of fused-ring (bicyclic) bond motifs is 3. The molecule has 0 bridgehead atoms. The fourth-order valence-electron chi connectivity index (χ4n) is 3.11. The van der Waals surface area contributed by atoms with E-state index in [0.29, 0.717) is 0 Å². The quantitative estimate of drug-likeness (QED) is 0.435. The minimum absolute atomic E-state index is 0.765. The number of unbranched alkanes of at least 4 members (excludes halogenated alkanes) is 5. The second-order valence-electron chi connectivity index (χ2n) is 6.30. The number of hydrogen-bond acceptors (Lipinski definition) is 2. The van der Waals surface area contributed by atoms with Crippen LogP contribution in [0.5, 0.6) is 5.75 Å². The van der Waals surface area contributed by atoms with E-state index in [0.717, 1.165) is 35.3 Å². The normalized spacial score (nSPS) is 11.4. The summed E-state index contributed by atoms with van der Waals surface area (Å²) in [6, 6.07) is 12.5. The standard InChI is InChI=1S/C21H26O2/c1-3-4-5-6-7-8-15-22-19-14-10-13-18-17-12-9-11-16(2)20(17)23-21(18)19/h9-14H,3-8,15H2,1-2H3. The summed E-state index contributed by atoms with van der Waals surface area (Å²) in [7, 11) is 0. The molecular formula is C21H26O2. The van der Waals surface area contributed by atoms with Gasteiger partial charge >= 0.3 is 0 Å². The Morgan fingerprint density at radius 1 is 0.826 bits per heavy atom. The Labute approximate surface area is 138 Å². The second kappa shape index (κ2) is 7.54. The highest BCUT2D eigenvalue weighted by Crippen LogP contribution is 2.35. The average molecular weight is 310 g/mol.